The summed E-state index contributed by atoms with van der Waals surface area (Å²) >= 11 is 0. The largest absolute Gasteiger partial charge is 0.369 e. The molecule has 12 aliphatic rings. The van der Waals surface area contributed by atoms with Crippen LogP contribution >= 0.6 is 0 Å². The second-order valence-electron chi connectivity index (χ2n) is 34.0. The van der Waals surface area contributed by atoms with Crippen LogP contribution in [0.15, 0.2) is 60.7 Å². The third-order valence-corrected chi connectivity index (χ3v) is 23.9. The number of para-hydroxylation sites is 1. The van der Waals surface area contributed by atoms with Gasteiger partial charge < -0.3 is 14.5 Å². The zero-order valence-corrected chi connectivity index (χ0v) is 73.4. The van der Waals surface area contributed by atoms with Gasteiger partial charge in [-0.3, -0.25) is 106 Å². The van der Waals surface area contributed by atoms with E-state index < -0.39 is 10.0 Å². The lowest BCUT2D eigenvalue weighted by molar-refractivity contribution is -0.161. The van der Waals surface area contributed by atoms with Crippen LogP contribution in [0.5, 0.6) is 0 Å². The first-order valence-corrected chi connectivity index (χ1v) is 43.5. The van der Waals surface area contributed by atoms with E-state index in [0.717, 1.165) is 70.8 Å². The predicted molar refractivity (Wildman–Crippen MR) is 442 cm³/mol. The van der Waals surface area contributed by atoms with Crippen molar-refractivity contribution in [1.82, 2.24) is 43.5 Å². The number of morpholine rings is 1. The number of hydrogen-bond acceptors (Lipinski definition) is 19. The van der Waals surface area contributed by atoms with Crippen LogP contribution in [-0.2, 0) is 83.5 Å². The van der Waals surface area contributed by atoms with E-state index in [4.69, 9.17) is 4.74 Å². The lowest BCUT2D eigenvalue weighted by Crippen LogP contribution is -2.50. The van der Waals surface area contributed by atoms with Crippen LogP contribution in [0.25, 0.3) is 0 Å². The summed E-state index contributed by atoms with van der Waals surface area (Å²) in [5.74, 6) is -0.412. The third kappa shape index (κ3) is 26.1. The topological polar surface area (TPSA) is 332 Å². The molecule has 0 aromatic heterocycles. The average Bonchev–Trinajstić information content (AvgIpc) is 1.62. The third-order valence-electron chi connectivity index (χ3n) is 21.8. The summed E-state index contributed by atoms with van der Waals surface area (Å²) in [6.45, 7) is 41.3. The number of likely N-dealkylation sites (tertiary alicyclic amines) is 5. The summed E-state index contributed by atoms with van der Waals surface area (Å²) in [4.78, 5) is 184. The number of rotatable bonds is 10. The number of carbonyl (C=O) groups is 15. The number of sulfonamides is 1. The second kappa shape index (κ2) is 44.7. The SMILES string of the molecule is CC(C)N1C(=O)C2CCCCC2C1=O.CC(C)N1C(=O)C=CC1=O.CC(C)N1C(=O)CC2(CCCC2)CC1=O.CC(C)N1C(=O)CCC1=O.CC(C)N1C(=O)CCCC1=O.CC(C)N1C(=O)COCC1=O.CC(C)N1C(=O)c2ccccc2C1=O.CC(C)N1CCCC1=O.CC(C)N1CCCS1(=O)=O.CC(C)N1CCc2ccccc21. The highest BCUT2D eigenvalue weighted by atomic mass is 32.2. The summed E-state index contributed by atoms with van der Waals surface area (Å²) in [7, 11) is -2.85. The van der Waals surface area contributed by atoms with E-state index in [1.54, 1.807) is 42.4 Å². The van der Waals surface area contributed by atoms with Gasteiger partial charge in [0.1, 0.15) is 13.2 Å². The Morgan fingerprint density at radius 2 is 0.733 bits per heavy atom. The van der Waals surface area contributed by atoms with Crippen LogP contribution in [0.3, 0.4) is 0 Å². The Labute approximate surface area is 688 Å². The van der Waals surface area contributed by atoms with E-state index in [2.05, 4.69) is 56.9 Å². The number of ether oxygens (including phenoxy) is 1. The Hall–Kier alpha value is -8.70. The van der Waals surface area contributed by atoms with Gasteiger partial charge >= 0.3 is 0 Å². The minimum absolute atomic E-state index is 0.0126. The first-order chi connectivity index (χ1) is 54.3. The monoisotopic (exact) mass is 1640 g/mol. The standard InChI is InChI=1S/C12H19NO2.C11H17NO2.C11H11NO2.C11H15N.C8H13NO2.C7H11NO3.C7H11NO2.C7H9NO2.C7H13NO.C6H13NO2S/c1-9(2)13-10(14)7-12(8-11(13)15)5-3-4-6-12;2*1-7(2)12-10(13)8-5-3-4-6-9(8)11(12)14;1-9(2)12-8-7-10-5-3-4-6-11(10)12;1-6(2)9-7(10)4-3-5-8(9)11;1-5(2)8-6(9)3-11-4-7(8)10;2*1-5(2)8-6(9)3-4-7(8)10;1-6(2)8-5-3-4-7(8)9;1-6(2)7-4-3-5-10(7,8)9/h9H,3-8H2,1-2H3;7-9H,3-6H2,1-2H3;3-7H,1-2H3;3-6,9H,7-8H2,1-2H3;6H,3-5H2,1-2H3;5H,3-4H2,1-2H3;5H,3-4H2,1-2H3;3-5H,1-2H3;6H,3-5H2,1-2H3;6H,3-5H2,1-2H3. The van der Waals surface area contributed by atoms with E-state index in [9.17, 15) is 80.3 Å². The van der Waals surface area contributed by atoms with E-state index >= 15 is 0 Å². The fourth-order valence-electron chi connectivity index (χ4n) is 16.3. The van der Waals surface area contributed by atoms with Crippen molar-refractivity contribution in [2.45, 2.75) is 321 Å². The van der Waals surface area contributed by atoms with Crippen LogP contribution in [0.2, 0.25) is 0 Å². The maximum atomic E-state index is 11.9. The smallest absolute Gasteiger partial charge is 0.261 e. The van der Waals surface area contributed by atoms with Gasteiger partial charge in [-0.1, -0.05) is 56.0 Å². The van der Waals surface area contributed by atoms with Gasteiger partial charge in [0.2, 0.25) is 63.2 Å². The molecule has 7 saturated heterocycles. The number of piperidine rings is 2. The molecule has 10 aliphatic heterocycles. The van der Waals surface area contributed by atoms with Crippen LogP contribution in [0, 0.1) is 17.3 Å². The number of imide groups is 7. The Bertz CT molecular complexity index is 3790. The molecule has 2 saturated carbocycles. The van der Waals surface area contributed by atoms with Crippen molar-refractivity contribution in [3.05, 3.63) is 77.4 Å². The van der Waals surface area contributed by atoms with Crippen molar-refractivity contribution in [2.75, 3.05) is 43.5 Å². The van der Waals surface area contributed by atoms with Crippen molar-refractivity contribution in [1.29, 1.82) is 0 Å². The van der Waals surface area contributed by atoms with Crippen molar-refractivity contribution in [2.24, 2.45) is 17.3 Å². The molecule has 2 aromatic carbocycles. The van der Waals surface area contributed by atoms with Crippen molar-refractivity contribution in [3.8, 4) is 0 Å². The molecular formula is C87H132N10O18S. The van der Waals surface area contributed by atoms with Crippen LogP contribution in [0.1, 0.15) is 280 Å². The van der Waals surface area contributed by atoms with Crippen LogP contribution < -0.4 is 4.90 Å². The number of nitrogens with zero attached hydrogens (tertiary/aromatic N) is 10. The molecule has 0 N–H and O–H groups in total. The number of amides is 15. The predicted octanol–water partition coefficient (Wildman–Crippen LogP) is 10.8. The molecule has 2 aliphatic carbocycles. The quantitative estimate of drug-likeness (QED) is 0.199. The molecule has 2 atom stereocenters. The van der Waals surface area contributed by atoms with Gasteiger partial charge in [-0.25, -0.2) is 8.42 Å². The maximum Gasteiger partial charge on any atom is 0.261 e. The minimum Gasteiger partial charge on any atom is -0.369 e. The van der Waals surface area contributed by atoms with Crippen LogP contribution in [-0.4, -0.2) is 240 Å². The molecule has 116 heavy (non-hydrogen) atoms. The Kier molecular flexibility index (Phi) is 37.8. The number of anilines is 1. The Morgan fingerprint density at radius 3 is 1.07 bits per heavy atom. The summed E-state index contributed by atoms with van der Waals surface area (Å²) in [5, 5.41) is 0. The molecule has 644 valence electrons. The number of hydrogen-bond donors (Lipinski definition) is 0. The molecule has 14 rings (SSSR count). The number of benzene rings is 2. The normalized spacial score (nSPS) is 21.4. The fourth-order valence-corrected chi connectivity index (χ4v) is 18.1. The van der Waals surface area contributed by atoms with E-state index in [0.29, 0.717) is 79.9 Å². The fraction of sp³-hybridized carbons (Fsp3) is 0.667. The number of carbonyl (C=O) groups excluding carboxylic acids is 15. The molecule has 9 fully saturated rings. The van der Waals surface area contributed by atoms with Gasteiger partial charge in [-0.2, -0.15) is 4.31 Å². The summed E-state index contributed by atoms with van der Waals surface area (Å²) in [5.41, 5.74) is 4.02. The second-order valence-corrected chi connectivity index (χ2v) is 36.0. The maximum absolute atomic E-state index is 11.9. The molecule has 0 bridgehead atoms. The molecule has 10 heterocycles. The van der Waals surface area contributed by atoms with Crippen molar-refractivity contribution in [3.63, 3.8) is 0 Å². The van der Waals surface area contributed by atoms with E-state index in [-0.39, 0.29) is 161 Å². The van der Waals surface area contributed by atoms with Gasteiger partial charge in [0.25, 0.3) is 35.4 Å². The summed E-state index contributed by atoms with van der Waals surface area (Å²) in [6.07, 6.45) is 18.7. The highest BCUT2D eigenvalue weighted by molar-refractivity contribution is 7.89. The van der Waals surface area contributed by atoms with Crippen molar-refractivity contribution >= 4 is 104 Å². The van der Waals surface area contributed by atoms with Crippen LogP contribution in [0.4, 0.5) is 5.69 Å². The molecule has 2 unspecified atom stereocenters. The van der Waals surface area contributed by atoms with E-state index in [1.807, 2.05) is 102 Å². The summed E-state index contributed by atoms with van der Waals surface area (Å²) in [6, 6.07) is 16.7. The molecule has 2 aromatic rings. The zero-order valence-electron chi connectivity index (χ0n) is 72.6. The molecule has 0 radical (unpaired) electrons. The first-order valence-electron chi connectivity index (χ1n) is 41.8. The highest BCUT2D eigenvalue weighted by Crippen LogP contribution is 2.47. The first kappa shape index (κ1) is 97.9. The molecule has 1 spiro atoms. The molecule has 15 amide bonds. The van der Waals surface area contributed by atoms with Gasteiger partial charge in [0.15, 0.2) is 0 Å². The number of fused-ring (bicyclic) bond motifs is 3. The van der Waals surface area contributed by atoms with Gasteiger partial charge in [-0.05, 0) is 219 Å². The Balaban J connectivity index is 0.000000231. The van der Waals surface area contributed by atoms with Gasteiger partial charge in [-0.15, -0.1) is 0 Å². The molecule has 28 nitrogen and oxygen atoms in total. The lowest BCUT2D eigenvalue weighted by atomic mass is 9.76. The molecular weight excluding hydrogens is 1510 g/mol. The average molecular weight is 1640 g/mol. The lowest BCUT2D eigenvalue weighted by Gasteiger charge is -2.38. The zero-order chi connectivity index (χ0) is 87.1. The van der Waals surface area contributed by atoms with Crippen molar-refractivity contribution < 1.29 is 85.1 Å². The van der Waals surface area contributed by atoms with Gasteiger partial charge in [0.05, 0.1) is 28.7 Å². The minimum atomic E-state index is -2.85. The van der Waals surface area contributed by atoms with Gasteiger partial charge in [0, 0.05) is 143 Å². The highest BCUT2D eigenvalue weighted by Gasteiger charge is 2.49. The van der Waals surface area contributed by atoms with E-state index in [1.165, 1.54) is 83.5 Å². The summed E-state index contributed by atoms with van der Waals surface area (Å²) < 4.78 is 28.6. The molecule has 29 heteroatoms. The Morgan fingerprint density at radius 1 is 0.345 bits per heavy atom.